The minimum Gasteiger partial charge on any atom is -0.495 e. The molecule has 1 atom stereocenters. The smallest absolute Gasteiger partial charge is 0.237 e. The van der Waals surface area contributed by atoms with Crippen LogP contribution in [0.25, 0.3) is 0 Å². The zero-order valence-corrected chi connectivity index (χ0v) is 14.4. The van der Waals surface area contributed by atoms with E-state index in [0.717, 1.165) is 5.69 Å². The number of hydrogen-bond acceptors (Lipinski definition) is 4. The molecule has 0 heterocycles. The molecule has 2 amide bonds. The molecule has 126 valence electrons. The first-order valence-electron chi connectivity index (χ1n) is 7.50. The third kappa shape index (κ3) is 5.31. The van der Waals surface area contributed by atoms with Crippen LogP contribution >= 0.6 is 11.8 Å². The van der Waals surface area contributed by atoms with Gasteiger partial charge in [-0.25, -0.2) is 0 Å². The molecule has 0 saturated carbocycles. The van der Waals surface area contributed by atoms with Crippen LogP contribution in [0.4, 0.5) is 11.4 Å². The molecule has 0 aliphatic carbocycles. The lowest BCUT2D eigenvalue weighted by atomic mass is 10.3. The molecule has 0 aliphatic rings. The number of amides is 2. The van der Waals surface area contributed by atoms with E-state index in [1.807, 2.05) is 42.5 Å². The molecule has 0 unspecified atom stereocenters. The van der Waals surface area contributed by atoms with Crippen molar-refractivity contribution in [3.63, 3.8) is 0 Å². The van der Waals surface area contributed by atoms with Gasteiger partial charge in [-0.05, 0) is 31.2 Å². The lowest BCUT2D eigenvalue weighted by Crippen LogP contribution is -2.25. The first-order valence-corrected chi connectivity index (χ1v) is 8.55. The monoisotopic (exact) mass is 344 g/mol. The number of benzene rings is 2. The fourth-order valence-corrected chi connectivity index (χ4v) is 2.66. The quantitative estimate of drug-likeness (QED) is 0.808. The second-order valence-corrected chi connectivity index (χ2v) is 6.39. The predicted molar refractivity (Wildman–Crippen MR) is 98.6 cm³/mol. The predicted octanol–water partition coefficient (Wildman–Crippen LogP) is 3.39. The third-order valence-corrected chi connectivity index (χ3v) is 4.40. The highest BCUT2D eigenvalue weighted by atomic mass is 32.2. The van der Waals surface area contributed by atoms with Gasteiger partial charge in [0, 0.05) is 5.69 Å². The van der Waals surface area contributed by atoms with Crippen molar-refractivity contribution >= 4 is 35.0 Å². The molecule has 6 heteroatoms. The van der Waals surface area contributed by atoms with Crippen molar-refractivity contribution < 1.29 is 14.3 Å². The first kappa shape index (κ1) is 17.9. The van der Waals surface area contributed by atoms with Gasteiger partial charge in [-0.1, -0.05) is 30.3 Å². The van der Waals surface area contributed by atoms with E-state index in [1.165, 1.54) is 11.8 Å². The van der Waals surface area contributed by atoms with Crippen LogP contribution in [0.2, 0.25) is 0 Å². The van der Waals surface area contributed by atoms with Crippen molar-refractivity contribution in [2.75, 3.05) is 23.5 Å². The van der Waals surface area contributed by atoms with Crippen LogP contribution in [0, 0.1) is 0 Å². The summed E-state index contributed by atoms with van der Waals surface area (Å²) in [5, 5.41) is 5.27. The highest BCUT2D eigenvalue weighted by molar-refractivity contribution is 8.01. The maximum atomic E-state index is 12.1. The Morgan fingerprint density at radius 1 is 1.04 bits per heavy atom. The average Bonchev–Trinajstić information content (AvgIpc) is 2.61. The lowest BCUT2D eigenvalue weighted by molar-refractivity contribution is -0.115. The number of hydrogen-bond donors (Lipinski definition) is 2. The van der Waals surface area contributed by atoms with Crippen LogP contribution in [-0.4, -0.2) is 29.9 Å². The number of carbonyl (C=O) groups excluding carboxylic acids is 2. The largest absolute Gasteiger partial charge is 0.495 e. The van der Waals surface area contributed by atoms with Crippen LogP contribution in [0.5, 0.6) is 5.75 Å². The van der Waals surface area contributed by atoms with Gasteiger partial charge >= 0.3 is 0 Å². The van der Waals surface area contributed by atoms with Crippen molar-refractivity contribution in [3.05, 3.63) is 54.6 Å². The molecule has 0 aliphatic heterocycles. The summed E-state index contributed by atoms with van der Waals surface area (Å²) in [5.41, 5.74) is 1.36. The number of anilines is 2. The van der Waals surface area contributed by atoms with E-state index in [9.17, 15) is 9.59 Å². The van der Waals surface area contributed by atoms with Gasteiger partial charge in [0.1, 0.15) is 5.75 Å². The Morgan fingerprint density at radius 3 is 2.42 bits per heavy atom. The number of carbonyl (C=O) groups is 2. The van der Waals surface area contributed by atoms with E-state index in [0.29, 0.717) is 11.4 Å². The first-order chi connectivity index (χ1) is 11.6. The van der Waals surface area contributed by atoms with Crippen molar-refractivity contribution in [1.82, 2.24) is 0 Å². The summed E-state index contributed by atoms with van der Waals surface area (Å²) >= 11 is 1.28. The van der Waals surface area contributed by atoms with Crippen LogP contribution in [-0.2, 0) is 9.59 Å². The number of thioether (sulfide) groups is 1. The summed E-state index contributed by atoms with van der Waals surface area (Å²) in [4.78, 5) is 24.1. The van der Waals surface area contributed by atoms with Gasteiger partial charge in [0.25, 0.3) is 0 Å². The molecular weight excluding hydrogens is 324 g/mol. The molecule has 2 aromatic carbocycles. The van der Waals surface area contributed by atoms with Gasteiger partial charge in [0.15, 0.2) is 0 Å². The van der Waals surface area contributed by atoms with Gasteiger partial charge in [-0.2, -0.15) is 0 Å². The summed E-state index contributed by atoms with van der Waals surface area (Å²) in [6, 6.07) is 16.4. The molecule has 5 nitrogen and oxygen atoms in total. The van der Waals surface area contributed by atoms with Crippen molar-refractivity contribution in [1.29, 1.82) is 0 Å². The summed E-state index contributed by atoms with van der Waals surface area (Å²) in [5.74, 6) is 0.479. The van der Waals surface area contributed by atoms with Gasteiger partial charge in [-0.3, -0.25) is 9.59 Å². The van der Waals surface area contributed by atoms with Gasteiger partial charge < -0.3 is 15.4 Å². The molecule has 24 heavy (non-hydrogen) atoms. The van der Waals surface area contributed by atoms with Gasteiger partial charge in [0.05, 0.1) is 23.8 Å². The molecule has 0 saturated heterocycles. The second kappa shape index (κ2) is 8.98. The molecule has 0 bridgehead atoms. The molecule has 0 aromatic heterocycles. The van der Waals surface area contributed by atoms with E-state index in [-0.39, 0.29) is 22.8 Å². The Morgan fingerprint density at radius 2 is 1.71 bits per heavy atom. The topological polar surface area (TPSA) is 67.4 Å². The van der Waals surface area contributed by atoms with E-state index in [2.05, 4.69) is 10.6 Å². The number of rotatable bonds is 7. The maximum absolute atomic E-state index is 12.1. The Kier molecular flexibility index (Phi) is 6.69. The molecule has 0 fully saturated rings. The molecule has 0 spiro atoms. The highest BCUT2D eigenvalue weighted by Gasteiger charge is 2.16. The van der Waals surface area contributed by atoms with Crippen molar-refractivity contribution in [2.45, 2.75) is 12.2 Å². The number of para-hydroxylation sites is 3. The molecular formula is C18H20N2O3S. The Labute approximate surface area is 145 Å². The highest BCUT2D eigenvalue weighted by Crippen LogP contribution is 2.23. The normalized spacial score (nSPS) is 11.4. The second-order valence-electron chi connectivity index (χ2n) is 5.06. The molecule has 2 aromatic rings. The molecule has 2 rings (SSSR count). The standard InChI is InChI=1S/C18H20N2O3S/c1-13(18(22)19-14-8-4-3-5-9-14)24-12-17(21)20-15-10-6-7-11-16(15)23-2/h3-11,13H,12H2,1-2H3,(H,19,22)(H,20,21)/t13-/m1/s1. The molecule has 2 N–H and O–H groups in total. The van der Waals surface area contributed by atoms with Gasteiger partial charge in [-0.15, -0.1) is 11.8 Å². The number of nitrogens with one attached hydrogen (secondary N) is 2. The van der Waals surface area contributed by atoms with Gasteiger partial charge in [0.2, 0.25) is 11.8 Å². The fraction of sp³-hybridized carbons (Fsp3) is 0.222. The lowest BCUT2D eigenvalue weighted by Gasteiger charge is -2.13. The fourth-order valence-electron chi connectivity index (χ4n) is 1.98. The minimum atomic E-state index is -0.339. The molecule has 0 radical (unpaired) electrons. The summed E-state index contributed by atoms with van der Waals surface area (Å²) in [6.07, 6.45) is 0. The zero-order valence-electron chi connectivity index (χ0n) is 13.6. The van der Waals surface area contributed by atoms with Crippen molar-refractivity contribution in [2.24, 2.45) is 0 Å². The van der Waals surface area contributed by atoms with Crippen molar-refractivity contribution in [3.8, 4) is 5.75 Å². The Hall–Kier alpha value is -2.47. The SMILES string of the molecule is COc1ccccc1NC(=O)CS[C@H](C)C(=O)Nc1ccccc1. The number of ether oxygens (including phenoxy) is 1. The average molecular weight is 344 g/mol. The maximum Gasteiger partial charge on any atom is 0.237 e. The van der Waals surface area contributed by atoms with Crippen LogP contribution < -0.4 is 15.4 Å². The summed E-state index contributed by atoms with van der Waals surface area (Å²) in [7, 11) is 1.55. The summed E-state index contributed by atoms with van der Waals surface area (Å²) < 4.78 is 5.19. The van der Waals surface area contributed by atoms with E-state index in [4.69, 9.17) is 4.74 Å². The van der Waals surface area contributed by atoms with Crippen LogP contribution in [0.15, 0.2) is 54.6 Å². The summed E-state index contributed by atoms with van der Waals surface area (Å²) in [6.45, 7) is 1.78. The number of methoxy groups -OCH3 is 1. The van der Waals surface area contributed by atoms with Crippen LogP contribution in [0.1, 0.15) is 6.92 Å². The van der Waals surface area contributed by atoms with E-state index >= 15 is 0 Å². The van der Waals surface area contributed by atoms with E-state index < -0.39 is 0 Å². The van der Waals surface area contributed by atoms with E-state index in [1.54, 1.807) is 26.2 Å². The Balaban J connectivity index is 1.81. The zero-order chi connectivity index (χ0) is 17.4. The Bertz CT molecular complexity index is 692. The minimum absolute atomic E-state index is 0.128. The van der Waals surface area contributed by atoms with Crippen LogP contribution in [0.3, 0.4) is 0 Å². The third-order valence-electron chi connectivity index (χ3n) is 3.26.